The van der Waals surface area contributed by atoms with E-state index in [1.54, 1.807) is 18.2 Å². The van der Waals surface area contributed by atoms with E-state index in [0.717, 1.165) is 7.40 Å². The molecule has 6 nitrogen and oxygen atoms in total. The Bertz CT molecular complexity index is 428. The summed E-state index contributed by atoms with van der Waals surface area (Å²) in [6.45, 7) is 0. The second-order valence-corrected chi connectivity index (χ2v) is 5.16. The Labute approximate surface area is 130 Å². The Hall–Kier alpha value is -0.330. The van der Waals surface area contributed by atoms with Gasteiger partial charge in [-0.15, -0.1) is 20.4 Å². The van der Waals surface area contributed by atoms with Crippen molar-refractivity contribution in [2.75, 3.05) is 5.43 Å². The molecule has 0 aliphatic carbocycles. The van der Waals surface area contributed by atoms with E-state index in [-0.39, 0.29) is 0 Å². The molecule has 2 rings (SSSR count). The van der Waals surface area contributed by atoms with Gasteiger partial charge in [-0.25, -0.2) is 5.84 Å². The number of halogens is 3. The van der Waals surface area contributed by atoms with Gasteiger partial charge in [-0.2, -0.15) is 0 Å². The maximum atomic E-state index is 5.43. The van der Waals surface area contributed by atoms with Crippen LogP contribution < -0.4 is 11.3 Å². The van der Waals surface area contributed by atoms with Crippen LogP contribution in [0.15, 0.2) is 24.3 Å². The van der Waals surface area contributed by atoms with Crippen molar-refractivity contribution >= 4 is 62.6 Å². The number of hydrogen-bond acceptors (Lipinski definition) is 6. The van der Waals surface area contributed by atoms with Crippen molar-refractivity contribution in [3.8, 4) is 0 Å². The number of rotatable bonds is 1. The molecule has 2 aromatic heterocycles. The van der Waals surface area contributed by atoms with Crippen molar-refractivity contribution in [2.45, 2.75) is 0 Å². The van der Waals surface area contributed by atoms with Crippen molar-refractivity contribution in [1.82, 2.24) is 20.4 Å². The van der Waals surface area contributed by atoms with Gasteiger partial charge >= 0.3 is 0 Å². The Balaban J connectivity index is 0.000000171. The Kier molecular flexibility index (Phi) is 6.84. The summed E-state index contributed by atoms with van der Waals surface area (Å²) in [7, 11) is 0. The Morgan fingerprint density at radius 1 is 0.941 bits per heavy atom. The molecule has 17 heavy (non-hydrogen) atoms. The lowest BCUT2D eigenvalue weighted by Crippen LogP contribution is -2.08. The van der Waals surface area contributed by atoms with Gasteiger partial charge in [0.1, 0.15) is 7.40 Å². The number of nitrogens with zero attached hydrogens (tertiary/aromatic N) is 4. The number of hydrogen-bond donors (Lipinski definition) is 2. The summed E-state index contributed by atoms with van der Waals surface area (Å²) in [5.74, 6) is 5.62. The van der Waals surface area contributed by atoms with Crippen molar-refractivity contribution in [3.63, 3.8) is 0 Å². The quantitative estimate of drug-likeness (QED) is 0.372. The van der Waals surface area contributed by atoms with Gasteiger partial charge in [0.05, 0.1) is 0 Å². The van der Waals surface area contributed by atoms with Crippen LogP contribution in [0.2, 0.25) is 5.15 Å². The first-order chi connectivity index (χ1) is 8.11. The molecule has 0 radical (unpaired) electrons. The second kappa shape index (κ2) is 7.89. The molecular formula is C8H7ClI2N6. The van der Waals surface area contributed by atoms with Crippen LogP contribution in [-0.4, -0.2) is 20.4 Å². The van der Waals surface area contributed by atoms with E-state index < -0.39 is 0 Å². The van der Waals surface area contributed by atoms with Gasteiger partial charge in [0, 0.05) is 0 Å². The minimum atomic E-state index is 0.436. The Morgan fingerprint density at radius 2 is 1.53 bits per heavy atom. The zero-order chi connectivity index (χ0) is 12.7. The highest BCUT2D eigenvalue weighted by Crippen LogP contribution is 2.03. The van der Waals surface area contributed by atoms with Crippen LogP contribution in [0.3, 0.4) is 0 Å². The molecule has 0 amide bonds. The number of nitrogens with one attached hydrogen (secondary N) is 1. The molecule has 3 N–H and O–H groups in total. The van der Waals surface area contributed by atoms with Gasteiger partial charge in [-0.3, -0.25) is 0 Å². The van der Waals surface area contributed by atoms with E-state index >= 15 is 0 Å². The fourth-order valence-electron chi connectivity index (χ4n) is 0.693. The highest BCUT2D eigenvalue weighted by molar-refractivity contribution is 14.1. The molecule has 9 heteroatoms. The van der Waals surface area contributed by atoms with Crippen LogP contribution in [-0.2, 0) is 0 Å². The van der Waals surface area contributed by atoms with E-state index in [1.165, 1.54) is 0 Å². The zero-order valence-corrected chi connectivity index (χ0v) is 13.4. The minimum Gasteiger partial charge on any atom is -0.307 e. The van der Waals surface area contributed by atoms with Crippen LogP contribution >= 0.6 is 56.8 Å². The van der Waals surface area contributed by atoms with Gasteiger partial charge < -0.3 is 5.43 Å². The van der Waals surface area contributed by atoms with Crippen molar-refractivity contribution in [1.29, 1.82) is 0 Å². The highest BCUT2D eigenvalue weighted by Gasteiger charge is 1.88. The van der Waals surface area contributed by atoms with Crippen LogP contribution in [0.4, 0.5) is 5.82 Å². The molecule has 2 heterocycles. The summed E-state index contributed by atoms with van der Waals surface area (Å²) in [5, 5.41) is 15.2. The van der Waals surface area contributed by atoms with E-state index in [0.29, 0.717) is 11.0 Å². The molecule has 0 fully saturated rings. The van der Waals surface area contributed by atoms with E-state index in [4.69, 9.17) is 17.4 Å². The van der Waals surface area contributed by atoms with Crippen molar-refractivity contribution in [2.24, 2.45) is 5.84 Å². The highest BCUT2D eigenvalue weighted by atomic mass is 127. The van der Waals surface area contributed by atoms with E-state index in [1.807, 2.05) is 6.07 Å². The molecule has 0 saturated heterocycles. The monoisotopic (exact) mass is 476 g/mol. The number of nitrogens with two attached hydrogens (primary N) is 1. The smallest absolute Gasteiger partial charge is 0.162 e. The predicted octanol–water partition coefficient (Wildman–Crippen LogP) is 2.10. The molecule has 0 spiro atoms. The summed E-state index contributed by atoms with van der Waals surface area (Å²) >= 11 is 9.57. The Morgan fingerprint density at radius 3 is 1.88 bits per heavy atom. The number of hydrazine groups is 1. The van der Waals surface area contributed by atoms with Gasteiger partial charge in [0.15, 0.2) is 11.0 Å². The number of nitrogen functional groups attached to an aromatic ring is 1. The predicted molar refractivity (Wildman–Crippen MR) is 82.3 cm³/mol. The zero-order valence-electron chi connectivity index (χ0n) is 8.31. The van der Waals surface area contributed by atoms with Gasteiger partial charge in [0.25, 0.3) is 0 Å². The molecule has 0 aromatic carbocycles. The topological polar surface area (TPSA) is 89.6 Å². The van der Waals surface area contributed by atoms with Crippen LogP contribution in [0.25, 0.3) is 0 Å². The van der Waals surface area contributed by atoms with E-state index in [2.05, 4.69) is 71.0 Å². The van der Waals surface area contributed by atoms with Crippen molar-refractivity contribution < 1.29 is 0 Å². The lowest BCUT2D eigenvalue weighted by molar-refractivity contribution is 0.995. The first-order valence-electron chi connectivity index (χ1n) is 4.22. The third kappa shape index (κ3) is 6.24. The third-order valence-electron chi connectivity index (χ3n) is 1.38. The first-order valence-corrected chi connectivity index (χ1v) is 6.76. The first kappa shape index (κ1) is 14.7. The molecule has 0 saturated carbocycles. The standard InChI is InChI=1S/C4H2ClIN2.C4H5IN4/c5-3-1-2-4(6)8-7-3;5-3-1-2-4(7-6)9-8-3/h1-2H;1-2H,6H2,(H,7,9). The summed E-state index contributed by atoms with van der Waals surface area (Å²) < 4.78 is 1.71. The summed E-state index contributed by atoms with van der Waals surface area (Å²) in [5.41, 5.74) is 2.38. The summed E-state index contributed by atoms with van der Waals surface area (Å²) in [6, 6.07) is 7.09. The third-order valence-corrected chi connectivity index (χ3v) is 2.73. The molecular weight excluding hydrogens is 469 g/mol. The molecule has 2 aromatic rings. The fourth-order valence-corrected chi connectivity index (χ4v) is 1.37. The molecule has 0 unspecified atom stereocenters. The van der Waals surface area contributed by atoms with Crippen LogP contribution in [0, 0.1) is 7.40 Å². The fraction of sp³-hybridized carbons (Fsp3) is 0. The maximum absolute atomic E-state index is 5.43. The number of anilines is 1. The average Bonchev–Trinajstić information content (AvgIpc) is 2.35. The lowest BCUT2D eigenvalue weighted by atomic mass is 10.5. The summed E-state index contributed by atoms with van der Waals surface area (Å²) in [4.78, 5) is 0. The van der Waals surface area contributed by atoms with Gasteiger partial charge in [-0.05, 0) is 69.4 Å². The summed E-state index contributed by atoms with van der Waals surface area (Å²) in [6.07, 6.45) is 0. The van der Waals surface area contributed by atoms with Crippen LogP contribution in [0.5, 0.6) is 0 Å². The van der Waals surface area contributed by atoms with Gasteiger partial charge in [-0.1, -0.05) is 11.6 Å². The molecule has 90 valence electrons. The second-order valence-electron chi connectivity index (χ2n) is 2.56. The van der Waals surface area contributed by atoms with E-state index in [9.17, 15) is 0 Å². The minimum absolute atomic E-state index is 0.436. The maximum Gasteiger partial charge on any atom is 0.162 e. The largest absolute Gasteiger partial charge is 0.307 e. The van der Waals surface area contributed by atoms with Gasteiger partial charge in [0.2, 0.25) is 0 Å². The molecule has 0 aliphatic heterocycles. The normalized spacial score (nSPS) is 9.18. The number of aromatic nitrogens is 4. The molecule has 0 aliphatic rings. The van der Waals surface area contributed by atoms with Crippen molar-refractivity contribution in [3.05, 3.63) is 36.8 Å². The van der Waals surface area contributed by atoms with Crippen LogP contribution in [0.1, 0.15) is 0 Å². The SMILES string of the molecule is Clc1ccc(I)nn1.NNc1ccc(I)nn1. The average molecular weight is 476 g/mol. The lowest BCUT2D eigenvalue weighted by Gasteiger charge is -1.93. The molecule has 0 bridgehead atoms. The molecule has 0 atom stereocenters.